The lowest BCUT2D eigenvalue weighted by Gasteiger charge is -2.17. The number of rotatable bonds is 7. The molecule has 0 radical (unpaired) electrons. The van der Waals surface area contributed by atoms with Gasteiger partial charge < -0.3 is 15.4 Å². The molecule has 0 bridgehead atoms. The first-order valence-corrected chi connectivity index (χ1v) is 9.34. The van der Waals surface area contributed by atoms with Gasteiger partial charge in [0.15, 0.2) is 0 Å². The van der Waals surface area contributed by atoms with Crippen LogP contribution in [-0.2, 0) is 7.05 Å². The molecule has 6 nitrogen and oxygen atoms in total. The lowest BCUT2D eigenvalue weighted by atomic mass is 10.1. The maximum atomic E-state index is 12.7. The molecular weight excluding hydrogens is 352 g/mol. The Kier molecular flexibility index (Phi) is 5.99. The molecule has 1 heterocycles. The number of nitrogens with one attached hydrogen (secondary N) is 2. The van der Waals surface area contributed by atoms with E-state index < -0.39 is 0 Å². The van der Waals surface area contributed by atoms with Crippen LogP contribution in [0.2, 0.25) is 0 Å². The summed E-state index contributed by atoms with van der Waals surface area (Å²) in [4.78, 5) is 12.7. The van der Waals surface area contributed by atoms with E-state index in [1.807, 2.05) is 76.5 Å². The molecule has 6 heteroatoms. The van der Waals surface area contributed by atoms with Gasteiger partial charge in [-0.25, -0.2) is 0 Å². The number of benzene rings is 2. The largest absolute Gasteiger partial charge is 0.491 e. The average Bonchev–Trinajstić information content (AvgIpc) is 3.06. The molecule has 3 aromatic rings. The fourth-order valence-electron chi connectivity index (χ4n) is 2.88. The van der Waals surface area contributed by atoms with Crippen molar-refractivity contribution in [3.05, 3.63) is 72.1 Å². The number of amides is 1. The third-order valence-electron chi connectivity index (χ3n) is 4.20. The molecule has 1 aromatic heterocycles. The normalized spacial score (nSPS) is 11.9. The zero-order valence-electron chi connectivity index (χ0n) is 16.6. The molecule has 1 atom stereocenters. The predicted octanol–water partition coefficient (Wildman–Crippen LogP) is 4.44. The molecule has 2 N–H and O–H groups in total. The molecule has 0 saturated carbocycles. The van der Waals surface area contributed by atoms with Crippen molar-refractivity contribution in [1.29, 1.82) is 0 Å². The van der Waals surface area contributed by atoms with E-state index in [-0.39, 0.29) is 18.1 Å². The van der Waals surface area contributed by atoms with E-state index in [9.17, 15) is 4.79 Å². The minimum atomic E-state index is -0.141. The highest BCUT2D eigenvalue weighted by Gasteiger charge is 2.13. The average molecular weight is 378 g/mol. The van der Waals surface area contributed by atoms with Crippen molar-refractivity contribution in [2.24, 2.45) is 7.05 Å². The van der Waals surface area contributed by atoms with Gasteiger partial charge in [-0.3, -0.25) is 9.48 Å². The van der Waals surface area contributed by atoms with E-state index in [0.29, 0.717) is 5.56 Å². The third-order valence-corrected chi connectivity index (χ3v) is 4.20. The molecule has 0 unspecified atom stereocenters. The number of hydrogen-bond acceptors (Lipinski definition) is 4. The molecule has 0 aliphatic heterocycles. The van der Waals surface area contributed by atoms with Crippen LogP contribution in [0.5, 0.6) is 5.75 Å². The number of hydrogen-bond donors (Lipinski definition) is 2. The number of anilines is 2. The number of nitrogens with zero attached hydrogens (tertiary/aromatic N) is 2. The van der Waals surface area contributed by atoms with Crippen molar-refractivity contribution < 1.29 is 9.53 Å². The van der Waals surface area contributed by atoms with Crippen LogP contribution in [0.15, 0.2) is 60.9 Å². The first kappa shape index (κ1) is 19.5. The maximum absolute atomic E-state index is 12.7. The standard InChI is InChI=1S/C22H26N4O2/c1-15(2)28-21-10-6-7-17(12-21)16(3)24-22(27)18-8-5-9-19(11-18)25-20-13-23-26(4)14-20/h5-16,25H,1-4H3,(H,24,27)/t16-/m1/s1. The predicted molar refractivity (Wildman–Crippen MR) is 111 cm³/mol. The second-order valence-electron chi connectivity index (χ2n) is 7.04. The highest BCUT2D eigenvalue weighted by Crippen LogP contribution is 2.21. The number of carbonyl (C=O) groups excluding carboxylic acids is 1. The van der Waals surface area contributed by atoms with Gasteiger partial charge in [0.2, 0.25) is 0 Å². The summed E-state index contributed by atoms with van der Waals surface area (Å²) in [5.41, 5.74) is 3.29. The zero-order chi connectivity index (χ0) is 20.1. The topological polar surface area (TPSA) is 68.2 Å². The summed E-state index contributed by atoms with van der Waals surface area (Å²) in [7, 11) is 1.86. The van der Waals surface area contributed by atoms with E-state index >= 15 is 0 Å². The monoisotopic (exact) mass is 378 g/mol. The first-order chi connectivity index (χ1) is 13.4. The molecule has 146 valence electrons. The summed E-state index contributed by atoms with van der Waals surface area (Å²) in [6.07, 6.45) is 3.72. The Bertz CT molecular complexity index is 949. The minimum absolute atomic E-state index is 0.107. The van der Waals surface area contributed by atoms with Gasteiger partial charge in [-0.1, -0.05) is 18.2 Å². The second-order valence-corrected chi connectivity index (χ2v) is 7.04. The van der Waals surface area contributed by atoms with E-state index in [4.69, 9.17) is 4.74 Å². The molecule has 0 aliphatic rings. The number of aromatic nitrogens is 2. The molecule has 28 heavy (non-hydrogen) atoms. The lowest BCUT2D eigenvalue weighted by Crippen LogP contribution is -2.26. The minimum Gasteiger partial charge on any atom is -0.491 e. The van der Waals surface area contributed by atoms with Crippen molar-refractivity contribution in [3.8, 4) is 5.75 Å². The maximum Gasteiger partial charge on any atom is 0.251 e. The highest BCUT2D eigenvalue weighted by molar-refractivity contribution is 5.95. The summed E-state index contributed by atoms with van der Waals surface area (Å²) in [5.74, 6) is 0.675. The molecule has 0 spiro atoms. The smallest absolute Gasteiger partial charge is 0.251 e. The van der Waals surface area contributed by atoms with Gasteiger partial charge in [0, 0.05) is 24.5 Å². The summed E-state index contributed by atoms with van der Waals surface area (Å²) in [5, 5.41) is 10.4. The van der Waals surface area contributed by atoms with Gasteiger partial charge in [-0.2, -0.15) is 5.10 Å². The number of carbonyl (C=O) groups is 1. The lowest BCUT2D eigenvalue weighted by molar-refractivity contribution is 0.0939. The Morgan fingerprint density at radius 2 is 1.86 bits per heavy atom. The molecule has 2 aromatic carbocycles. The van der Waals surface area contributed by atoms with Crippen molar-refractivity contribution in [2.45, 2.75) is 32.9 Å². The van der Waals surface area contributed by atoms with Crippen LogP contribution in [0, 0.1) is 0 Å². The van der Waals surface area contributed by atoms with E-state index in [1.165, 1.54) is 0 Å². The first-order valence-electron chi connectivity index (χ1n) is 9.34. The molecule has 3 rings (SSSR count). The van der Waals surface area contributed by atoms with Crippen molar-refractivity contribution >= 4 is 17.3 Å². The summed E-state index contributed by atoms with van der Waals surface area (Å²) >= 11 is 0. The zero-order valence-corrected chi connectivity index (χ0v) is 16.6. The van der Waals surface area contributed by atoms with Crippen LogP contribution < -0.4 is 15.4 Å². The molecule has 1 amide bonds. The van der Waals surface area contributed by atoms with Gasteiger partial charge in [0.05, 0.1) is 24.0 Å². The fourth-order valence-corrected chi connectivity index (χ4v) is 2.88. The van der Waals surface area contributed by atoms with Crippen LogP contribution in [0.3, 0.4) is 0 Å². The number of aryl methyl sites for hydroxylation is 1. The van der Waals surface area contributed by atoms with Crippen LogP contribution in [0.1, 0.15) is 42.7 Å². The van der Waals surface area contributed by atoms with Crippen molar-refractivity contribution in [3.63, 3.8) is 0 Å². The Balaban J connectivity index is 1.68. The van der Waals surface area contributed by atoms with Crippen molar-refractivity contribution in [1.82, 2.24) is 15.1 Å². The van der Waals surface area contributed by atoms with E-state index in [2.05, 4.69) is 15.7 Å². The van der Waals surface area contributed by atoms with Gasteiger partial charge in [-0.15, -0.1) is 0 Å². The molecular formula is C22H26N4O2. The van der Waals surface area contributed by atoms with E-state index in [1.54, 1.807) is 16.9 Å². The molecule has 0 fully saturated rings. The van der Waals surface area contributed by atoms with Crippen LogP contribution in [-0.4, -0.2) is 21.8 Å². The second kappa shape index (κ2) is 8.61. The van der Waals surface area contributed by atoms with Crippen LogP contribution in [0.4, 0.5) is 11.4 Å². The third kappa shape index (κ3) is 5.13. The quantitative estimate of drug-likeness (QED) is 0.638. The van der Waals surface area contributed by atoms with Crippen LogP contribution >= 0.6 is 0 Å². The van der Waals surface area contributed by atoms with E-state index in [0.717, 1.165) is 22.7 Å². The fraction of sp³-hybridized carbons (Fsp3) is 0.273. The summed E-state index contributed by atoms with van der Waals surface area (Å²) in [6, 6.07) is 15.1. The Morgan fingerprint density at radius 3 is 2.57 bits per heavy atom. The Morgan fingerprint density at radius 1 is 1.07 bits per heavy atom. The van der Waals surface area contributed by atoms with Gasteiger partial charge in [-0.05, 0) is 56.7 Å². The molecule has 0 aliphatic carbocycles. The molecule has 0 saturated heterocycles. The van der Waals surface area contributed by atoms with Gasteiger partial charge in [0.1, 0.15) is 5.75 Å². The SMILES string of the molecule is CC(C)Oc1cccc([C@@H](C)NC(=O)c2cccc(Nc3cnn(C)c3)c2)c1. The Labute approximate surface area is 165 Å². The van der Waals surface area contributed by atoms with Crippen molar-refractivity contribution in [2.75, 3.05) is 5.32 Å². The van der Waals surface area contributed by atoms with Crippen LogP contribution in [0.25, 0.3) is 0 Å². The summed E-state index contributed by atoms with van der Waals surface area (Å²) < 4.78 is 7.46. The highest BCUT2D eigenvalue weighted by atomic mass is 16.5. The number of ether oxygens (including phenoxy) is 1. The van der Waals surface area contributed by atoms with Gasteiger partial charge >= 0.3 is 0 Å². The van der Waals surface area contributed by atoms with Gasteiger partial charge in [0.25, 0.3) is 5.91 Å². The Hall–Kier alpha value is -3.28. The summed E-state index contributed by atoms with van der Waals surface area (Å²) in [6.45, 7) is 5.94.